The highest BCUT2D eigenvalue weighted by molar-refractivity contribution is 14.1. The lowest BCUT2D eigenvalue weighted by Crippen LogP contribution is -2.03. The van der Waals surface area contributed by atoms with Crippen LogP contribution in [-0.2, 0) is 0 Å². The molecule has 2 heteroatoms. The van der Waals surface area contributed by atoms with Crippen LogP contribution in [0.4, 0.5) is 0 Å². The molecule has 0 aliphatic heterocycles. The van der Waals surface area contributed by atoms with E-state index in [1.54, 1.807) is 0 Å². The SMILES string of the molecule is Ic1cccc(OCCCC2C=CC=CC2)c1. The van der Waals surface area contributed by atoms with Gasteiger partial charge in [-0.05, 0) is 66.0 Å². The highest BCUT2D eigenvalue weighted by Gasteiger charge is 2.04. The van der Waals surface area contributed by atoms with Crippen LogP contribution in [0.15, 0.2) is 48.6 Å². The third-order valence-electron chi connectivity index (χ3n) is 2.85. The van der Waals surface area contributed by atoms with E-state index in [1.807, 2.05) is 12.1 Å². The molecule has 2 rings (SSSR count). The fourth-order valence-corrected chi connectivity index (χ4v) is 2.45. The molecule has 0 spiro atoms. The maximum Gasteiger partial charge on any atom is 0.120 e. The van der Waals surface area contributed by atoms with Gasteiger partial charge in [-0.25, -0.2) is 0 Å². The first kappa shape index (κ1) is 12.7. The van der Waals surface area contributed by atoms with Crippen LogP contribution in [0.3, 0.4) is 0 Å². The van der Waals surface area contributed by atoms with Crippen molar-refractivity contribution in [3.05, 3.63) is 52.1 Å². The number of hydrogen-bond donors (Lipinski definition) is 0. The summed E-state index contributed by atoms with van der Waals surface area (Å²) in [6.07, 6.45) is 12.3. The molecule has 0 radical (unpaired) electrons. The standard InChI is InChI=1S/C15H17IO/c16-14-9-4-10-15(12-14)17-11-5-8-13-6-2-1-3-7-13/h1-4,6,9-10,12-13H,5,7-8,11H2. The fraction of sp³-hybridized carbons (Fsp3) is 0.333. The van der Waals surface area contributed by atoms with Crippen LogP contribution < -0.4 is 4.74 Å². The van der Waals surface area contributed by atoms with Crippen molar-refractivity contribution in [1.29, 1.82) is 0 Å². The molecule has 1 aliphatic carbocycles. The second kappa shape index (κ2) is 6.84. The fourth-order valence-electron chi connectivity index (χ4n) is 1.94. The average molecular weight is 340 g/mol. The molecule has 17 heavy (non-hydrogen) atoms. The van der Waals surface area contributed by atoms with Crippen molar-refractivity contribution in [3.8, 4) is 5.75 Å². The number of benzene rings is 1. The molecule has 1 unspecified atom stereocenters. The van der Waals surface area contributed by atoms with Gasteiger partial charge in [-0.15, -0.1) is 0 Å². The lowest BCUT2D eigenvalue weighted by molar-refractivity contribution is 0.298. The summed E-state index contributed by atoms with van der Waals surface area (Å²) in [5.74, 6) is 1.69. The summed E-state index contributed by atoms with van der Waals surface area (Å²) in [4.78, 5) is 0. The number of ether oxygens (including phenoxy) is 1. The Labute approximate surface area is 117 Å². The van der Waals surface area contributed by atoms with Gasteiger partial charge in [0.05, 0.1) is 6.61 Å². The van der Waals surface area contributed by atoms with Crippen molar-refractivity contribution >= 4 is 22.6 Å². The lowest BCUT2D eigenvalue weighted by atomic mass is 9.96. The normalized spacial score (nSPS) is 18.3. The minimum Gasteiger partial charge on any atom is -0.494 e. The Hall–Kier alpha value is -0.770. The molecule has 0 amide bonds. The van der Waals surface area contributed by atoms with Gasteiger partial charge in [0.1, 0.15) is 5.75 Å². The summed E-state index contributed by atoms with van der Waals surface area (Å²) in [7, 11) is 0. The van der Waals surface area contributed by atoms with E-state index in [2.05, 4.69) is 59.0 Å². The van der Waals surface area contributed by atoms with Gasteiger partial charge in [0, 0.05) is 3.57 Å². The molecular weight excluding hydrogens is 323 g/mol. The molecule has 0 aromatic heterocycles. The van der Waals surface area contributed by atoms with E-state index in [9.17, 15) is 0 Å². The van der Waals surface area contributed by atoms with Crippen molar-refractivity contribution < 1.29 is 4.74 Å². The van der Waals surface area contributed by atoms with Gasteiger partial charge >= 0.3 is 0 Å². The summed E-state index contributed by atoms with van der Waals surface area (Å²) in [5, 5.41) is 0. The van der Waals surface area contributed by atoms with Gasteiger partial charge in [-0.3, -0.25) is 0 Å². The highest BCUT2D eigenvalue weighted by Crippen LogP contribution is 2.18. The molecule has 0 bridgehead atoms. The summed E-state index contributed by atoms with van der Waals surface area (Å²) in [5.41, 5.74) is 0. The minimum atomic E-state index is 0.708. The molecule has 0 saturated carbocycles. The first-order valence-electron chi connectivity index (χ1n) is 6.06. The topological polar surface area (TPSA) is 9.23 Å². The molecule has 0 heterocycles. The van der Waals surface area contributed by atoms with Crippen LogP contribution in [0.5, 0.6) is 5.75 Å². The van der Waals surface area contributed by atoms with E-state index in [0.29, 0.717) is 5.92 Å². The van der Waals surface area contributed by atoms with E-state index in [4.69, 9.17) is 4.74 Å². The second-order valence-electron chi connectivity index (χ2n) is 4.26. The van der Waals surface area contributed by atoms with E-state index in [0.717, 1.165) is 18.8 Å². The van der Waals surface area contributed by atoms with Crippen LogP contribution in [0.2, 0.25) is 0 Å². The van der Waals surface area contributed by atoms with Crippen LogP contribution >= 0.6 is 22.6 Å². The summed E-state index contributed by atoms with van der Waals surface area (Å²) in [6, 6.07) is 8.20. The molecule has 1 aliphatic rings. The van der Waals surface area contributed by atoms with Gasteiger partial charge in [0.15, 0.2) is 0 Å². The van der Waals surface area contributed by atoms with Crippen LogP contribution in [0.1, 0.15) is 19.3 Å². The Morgan fingerprint density at radius 1 is 1.29 bits per heavy atom. The number of halogens is 1. The summed E-state index contributed by atoms with van der Waals surface area (Å²) in [6.45, 7) is 0.814. The molecule has 0 N–H and O–H groups in total. The number of allylic oxidation sites excluding steroid dienone is 4. The summed E-state index contributed by atoms with van der Waals surface area (Å²) < 4.78 is 6.95. The Bertz CT molecular complexity index is 409. The Kier molecular flexibility index (Phi) is 5.10. The molecule has 1 atom stereocenters. The highest BCUT2D eigenvalue weighted by atomic mass is 127. The van der Waals surface area contributed by atoms with Gasteiger partial charge in [0.25, 0.3) is 0 Å². The molecule has 0 fully saturated rings. The number of hydrogen-bond acceptors (Lipinski definition) is 1. The zero-order valence-corrected chi connectivity index (χ0v) is 12.0. The average Bonchev–Trinajstić information content (AvgIpc) is 2.36. The Morgan fingerprint density at radius 2 is 2.24 bits per heavy atom. The molecular formula is C15H17IO. The van der Waals surface area contributed by atoms with Crippen molar-refractivity contribution in [2.24, 2.45) is 5.92 Å². The van der Waals surface area contributed by atoms with E-state index < -0.39 is 0 Å². The molecule has 0 saturated heterocycles. The van der Waals surface area contributed by atoms with E-state index in [1.165, 1.54) is 16.4 Å². The first-order valence-corrected chi connectivity index (χ1v) is 7.14. The number of rotatable bonds is 5. The first-order chi connectivity index (χ1) is 8.34. The maximum absolute atomic E-state index is 5.73. The zero-order valence-electron chi connectivity index (χ0n) is 9.81. The van der Waals surface area contributed by atoms with Gasteiger partial charge < -0.3 is 4.74 Å². The Morgan fingerprint density at radius 3 is 3.00 bits per heavy atom. The van der Waals surface area contributed by atoms with Crippen LogP contribution in [0.25, 0.3) is 0 Å². The van der Waals surface area contributed by atoms with E-state index in [-0.39, 0.29) is 0 Å². The van der Waals surface area contributed by atoms with Crippen molar-refractivity contribution in [2.75, 3.05) is 6.61 Å². The van der Waals surface area contributed by atoms with Crippen LogP contribution in [-0.4, -0.2) is 6.61 Å². The van der Waals surface area contributed by atoms with Gasteiger partial charge in [-0.1, -0.05) is 30.4 Å². The minimum absolute atomic E-state index is 0.708. The molecule has 1 nitrogen and oxygen atoms in total. The second-order valence-corrected chi connectivity index (χ2v) is 5.50. The third-order valence-corrected chi connectivity index (χ3v) is 3.52. The lowest BCUT2D eigenvalue weighted by Gasteiger charge is -2.13. The quantitative estimate of drug-likeness (QED) is 0.563. The van der Waals surface area contributed by atoms with Crippen LogP contribution in [0, 0.1) is 9.49 Å². The largest absolute Gasteiger partial charge is 0.494 e. The zero-order chi connectivity index (χ0) is 11.9. The van der Waals surface area contributed by atoms with E-state index >= 15 is 0 Å². The van der Waals surface area contributed by atoms with Gasteiger partial charge in [0.2, 0.25) is 0 Å². The monoisotopic (exact) mass is 340 g/mol. The van der Waals surface area contributed by atoms with Crippen molar-refractivity contribution in [2.45, 2.75) is 19.3 Å². The summed E-state index contributed by atoms with van der Waals surface area (Å²) >= 11 is 2.30. The Balaban J connectivity index is 1.66. The smallest absolute Gasteiger partial charge is 0.120 e. The third kappa shape index (κ3) is 4.54. The molecule has 1 aromatic carbocycles. The predicted molar refractivity (Wildman–Crippen MR) is 80.3 cm³/mol. The maximum atomic E-state index is 5.73. The molecule has 1 aromatic rings. The van der Waals surface area contributed by atoms with Crippen molar-refractivity contribution in [1.82, 2.24) is 0 Å². The predicted octanol–water partition coefficient (Wildman–Crippen LogP) is 4.58. The van der Waals surface area contributed by atoms with Crippen molar-refractivity contribution in [3.63, 3.8) is 0 Å². The van der Waals surface area contributed by atoms with Gasteiger partial charge in [-0.2, -0.15) is 0 Å². The molecule has 90 valence electrons.